The normalized spacial score (nSPS) is 14.3. The molecule has 0 atom stereocenters. The van der Waals surface area contributed by atoms with E-state index in [0.717, 1.165) is 12.8 Å². The van der Waals surface area contributed by atoms with Crippen LogP contribution in [0.3, 0.4) is 0 Å². The summed E-state index contributed by atoms with van der Waals surface area (Å²) >= 11 is 0. The third kappa shape index (κ3) is 4.58. The Morgan fingerprint density at radius 2 is 1.50 bits per heavy atom. The first kappa shape index (κ1) is 21.8. The van der Waals surface area contributed by atoms with Crippen LogP contribution in [0, 0.1) is 6.92 Å². The van der Waals surface area contributed by atoms with E-state index in [1.807, 2.05) is 6.07 Å². The number of sulfonamides is 1. The minimum Gasteiger partial charge on any atom is -0.455 e. The van der Waals surface area contributed by atoms with E-state index in [0.29, 0.717) is 30.0 Å². The molecule has 9 heteroatoms. The third-order valence-corrected chi connectivity index (χ3v) is 7.20. The van der Waals surface area contributed by atoms with Gasteiger partial charge in [0.05, 0.1) is 0 Å². The maximum Gasteiger partial charge on any atom is 0.291 e. The second kappa shape index (κ2) is 8.97. The van der Waals surface area contributed by atoms with Crippen LogP contribution in [0.4, 0.5) is 11.4 Å². The smallest absolute Gasteiger partial charge is 0.291 e. The van der Waals surface area contributed by atoms with Crippen molar-refractivity contribution in [1.29, 1.82) is 0 Å². The first-order chi connectivity index (χ1) is 15.3. The molecule has 2 amide bonds. The van der Waals surface area contributed by atoms with Gasteiger partial charge in [-0.1, -0.05) is 24.3 Å². The molecule has 0 unspecified atom stereocenters. The van der Waals surface area contributed by atoms with Crippen molar-refractivity contribution in [3.05, 3.63) is 77.7 Å². The van der Waals surface area contributed by atoms with Gasteiger partial charge in [0, 0.05) is 36.1 Å². The van der Waals surface area contributed by atoms with Gasteiger partial charge in [0.1, 0.15) is 10.7 Å². The molecule has 0 saturated carbocycles. The summed E-state index contributed by atoms with van der Waals surface area (Å²) in [6.07, 6.45) is 1.64. The van der Waals surface area contributed by atoms with E-state index in [1.54, 1.807) is 48.5 Å². The SMILES string of the molecule is Cc1oc(C(=O)Nc2cccc(NC(=O)c3ccccc3)c2)cc1S(=O)(=O)N1CCCC1. The van der Waals surface area contributed by atoms with Gasteiger partial charge in [-0.2, -0.15) is 4.31 Å². The molecule has 1 saturated heterocycles. The highest BCUT2D eigenvalue weighted by molar-refractivity contribution is 7.89. The van der Waals surface area contributed by atoms with Crippen LogP contribution >= 0.6 is 0 Å². The summed E-state index contributed by atoms with van der Waals surface area (Å²) < 4.78 is 32.5. The molecule has 1 aliphatic rings. The van der Waals surface area contributed by atoms with Crippen LogP contribution in [0.1, 0.15) is 39.5 Å². The molecular weight excluding hydrogens is 430 g/mol. The number of rotatable bonds is 6. The van der Waals surface area contributed by atoms with Gasteiger partial charge in [0.15, 0.2) is 5.76 Å². The molecule has 0 bridgehead atoms. The van der Waals surface area contributed by atoms with Gasteiger partial charge in [-0.25, -0.2) is 8.42 Å². The number of nitrogens with one attached hydrogen (secondary N) is 2. The number of benzene rings is 2. The van der Waals surface area contributed by atoms with Gasteiger partial charge in [-0.05, 0) is 50.1 Å². The fourth-order valence-corrected chi connectivity index (χ4v) is 5.24. The van der Waals surface area contributed by atoms with Crippen LogP contribution in [-0.2, 0) is 10.0 Å². The second-order valence-electron chi connectivity index (χ2n) is 7.50. The number of anilines is 2. The highest BCUT2D eigenvalue weighted by Crippen LogP contribution is 2.27. The summed E-state index contributed by atoms with van der Waals surface area (Å²) in [5.74, 6) is -0.778. The lowest BCUT2D eigenvalue weighted by atomic mass is 10.2. The van der Waals surface area contributed by atoms with Crippen LogP contribution in [0.15, 0.2) is 70.0 Å². The predicted molar refractivity (Wildman–Crippen MR) is 120 cm³/mol. The van der Waals surface area contributed by atoms with Crippen LogP contribution in [0.2, 0.25) is 0 Å². The molecule has 4 rings (SSSR count). The fraction of sp³-hybridized carbons (Fsp3) is 0.217. The Bertz CT molecular complexity index is 1250. The van der Waals surface area contributed by atoms with E-state index in [4.69, 9.17) is 4.42 Å². The zero-order valence-electron chi connectivity index (χ0n) is 17.5. The van der Waals surface area contributed by atoms with Gasteiger partial charge in [-0.15, -0.1) is 0 Å². The van der Waals surface area contributed by atoms with E-state index in [-0.39, 0.29) is 22.3 Å². The van der Waals surface area contributed by atoms with Crippen molar-refractivity contribution in [2.24, 2.45) is 0 Å². The number of nitrogens with zero attached hydrogens (tertiary/aromatic N) is 1. The lowest BCUT2D eigenvalue weighted by molar-refractivity contribution is 0.0993. The number of aryl methyl sites for hydroxylation is 1. The minimum absolute atomic E-state index is 0.00780. The number of furan rings is 1. The molecule has 166 valence electrons. The summed E-state index contributed by atoms with van der Waals surface area (Å²) in [5.41, 5.74) is 1.45. The lowest BCUT2D eigenvalue weighted by Gasteiger charge is -2.14. The predicted octanol–water partition coefficient (Wildman–Crippen LogP) is 3.88. The monoisotopic (exact) mass is 453 g/mol. The van der Waals surface area contributed by atoms with Crippen molar-refractivity contribution in [2.75, 3.05) is 23.7 Å². The van der Waals surface area contributed by atoms with Gasteiger partial charge in [0.2, 0.25) is 10.0 Å². The Morgan fingerprint density at radius 3 is 2.16 bits per heavy atom. The summed E-state index contributed by atoms with van der Waals surface area (Å²) in [7, 11) is -3.69. The van der Waals surface area contributed by atoms with Crippen LogP contribution < -0.4 is 10.6 Å². The Balaban J connectivity index is 1.48. The molecule has 8 nitrogen and oxygen atoms in total. The van der Waals surface area contributed by atoms with Gasteiger partial charge >= 0.3 is 0 Å². The second-order valence-corrected chi connectivity index (χ2v) is 9.40. The maximum atomic E-state index is 12.8. The molecule has 1 aromatic heterocycles. The molecule has 1 fully saturated rings. The van der Waals surface area contributed by atoms with Crippen molar-refractivity contribution in [1.82, 2.24) is 4.31 Å². The molecule has 3 aromatic rings. The Labute approximate surface area is 186 Å². The average Bonchev–Trinajstić information content (AvgIpc) is 3.45. The van der Waals surface area contributed by atoms with Crippen molar-refractivity contribution in [3.63, 3.8) is 0 Å². The van der Waals surface area contributed by atoms with Gasteiger partial charge < -0.3 is 15.1 Å². The average molecular weight is 454 g/mol. The third-order valence-electron chi connectivity index (χ3n) is 5.19. The van der Waals surface area contributed by atoms with E-state index >= 15 is 0 Å². The summed E-state index contributed by atoms with van der Waals surface area (Å²) in [6, 6.07) is 16.7. The van der Waals surface area contributed by atoms with Crippen LogP contribution in [-0.4, -0.2) is 37.6 Å². The standard InChI is InChI=1S/C23H23N3O5S/c1-16-21(32(29,30)26-12-5-6-13-26)15-20(31-16)23(28)25-19-11-7-10-18(14-19)24-22(27)17-8-3-2-4-9-17/h2-4,7-11,14-15H,5-6,12-13H2,1H3,(H,24,27)(H,25,28). The van der Waals surface area contributed by atoms with E-state index in [9.17, 15) is 18.0 Å². The molecule has 2 heterocycles. The minimum atomic E-state index is -3.69. The molecule has 0 radical (unpaired) electrons. The van der Waals surface area contributed by atoms with Crippen molar-refractivity contribution >= 4 is 33.2 Å². The Kier molecular flexibility index (Phi) is 6.11. The number of hydrogen-bond donors (Lipinski definition) is 2. The van der Waals surface area contributed by atoms with E-state index in [2.05, 4.69) is 10.6 Å². The Hall–Kier alpha value is -3.43. The van der Waals surface area contributed by atoms with Gasteiger partial charge in [0.25, 0.3) is 11.8 Å². The summed E-state index contributed by atoms with van der Waals surface area (Å²) in [6.45, 7) is 2.46. The highest BCUT2D eigenvalue weighted by Gasteiger charge is 2.31. The van der Waals surface area contributed by atoms with Crippen molar-refractivity contribution in [2.45, 2.75) is 24.7 Å². The molecule has 2 N–H and O–H groups in total. The molecule has 0 aliphatic carbocycles. The maximum absolute atomic E-state index is 12.8. The van der Waals surface area contributed by atoms with E-state index < -0.39 is 15.9 Å². The van der Waals surface area contributed by atoms with E-state index in [1.165, 1.54) is 17.3 Å². The fourth-order valence-electron chi connectivity index (χ4n) is 3.56. The van der Waals surface area contributed by atoms with Crippen molar-refractivity contribution in [3.8, 4) is 0 Å². The molecular formula is C23H23N3O5S. The Morgan fingerprint density at radius 1 is 0.875 bits per heavy atom. The number of amides is 2. The summed E-state index contributed by atoms with van der Waals surface area (Å²) in [5, 5.41) is 5.46. The van der Waals surface area contributed by atoms with Crippen LogP contribution in [0.5, 0.6) is 0 Å². The number of carbonyl (C=O) groups excluding carboxylic acids is 2. The van der Waals surface area contributed by atoms with Gasteiger partial charge in [-0.3, -0.25) is 9.59 Å². The molecule has 32 heavy (non-hydrogen) atoms. The molecule has 2 aromatic carbocycles. The summed E-state index contributed by atoms with van der Waals surface area (Å²) in [4.78, 5) is 25.0. The quantitative estimate of drug-likeness (QED) is 0.589. The topological polar surface area (TPSA) is 109 Å². The lowest BCUT2D eigenvalue weighted by Crippen LogP contribution is -2.28. The first-order valence-electron chi connectivity index (χ1n) is 10.2. The largest absolute Gasteiger partial charge is 0.455 e. The number of carbonyl (C=O) groups is 2. The zero-order chi connectivity index (χ0) is 22.7. The molecule has 0 spiro atoms. The molecule has 1 aliphatic heterocycles. The zero-order valence-corrected chi connectivity index (χ0v) is 18.3. The van der Waals surface area contributed by atoms with Crippen molar-refractivity contribution < 1.29 is 22.4 Å². The highest BCUT2D eigenvalue weighted by atomic mass is 32.2. The number of hydrogen-bond acceptors (Lipinski definition) is 5. The van der Waals surface area contributed by atoms with Crippen LogP contribution in [0.25, 0.3) is 0 Å². The first-order valence-corrected chi connectivity index (χ1v) is 11.7.